The van der Waals surface area contributed by atoms with Crippen LogP contribution in [0.5, 0.6) is 0 Å². The third kappa shape index (κ3) is 3.67. The van der Waals surface area contributed by atoms with E-state index >= 15 is 0 Å². The number of aromatic nitrogens is 2. The van der Waals surface area contributed by atoms with Crippen molar-refractivity contribution in [2.24, 2.45) is 13.0 Å². The number of hydrogen-bond donors (Lipinski definition) is 0. The minimum Gasteiger partial charge on any atom is -0.342 e. The molecule has 0 bridgehead atoms. The predicted octanol–water partition coefficient (Wildman–Crippen LogP) is 5.91. The molecule has 2 aliphatic rings. The van der Waals surface area contributed by atoms with Crippen molar-refractivity contribution in [2.45, 2.75) is 25.2 Å². The molecular weight excluding hydrogens is 432 g/mol. The molecule has 1 aliphatic heterocycles. The number of benzene rings is 3. The van der Waals surface area contributed by atoms with Gasteiger partial charge in [-0.05, 0) is 60.2 Å². The van der Waals surface area contributed by atoms with Gasteiger partial charge in [0.05, 0.1) is 11.0 Å². The fourth-order valence-electron chi connectivity index (χ4n) is 5.10. The molecule has 0 radical (unpaired) electrons. The summed E-state index contributed by atoms with van der Waals surface area (Å²) in [6, 6.07) is 17.5. The van der Waals surface area contributed by atoms with Crippen LogP contribution in [-0.4, -0.2) is 33.4 Å². The molecule has 1 aromatic heterocycles. The zero-order valence-electron chi connectivity index (χ0n) is 19.0. The molecule has 6 rings (SSSR count). The average molecular weight is 458 g/mol. The number of halogens is 2. The van der Waals surface area contributed by atoms with Crippen LogP contribution >= 0.6 is 0 Å². The number of aryl methyl sites for hydroxylation is 1. The monoisotopic (exact) mass is 457 g/mol. The van der Waals surface area contributed by atoms with Gasteiger partial charge in [-0.2, -0.15) is 0 Å². The SMILES string of the molecule is Cn1c(-c2ccc(-c3ccc(F)cc3)cc2)nc2c(C3CCN(C(=O)C4CC4)C3)cc(F)cc21. The van der Waals surface area contributed by atoms with E-state index in [1.807, 2.05) is 40.8 Å². The summed E-state index contributed by atoms with van der Waals surface area (Å²) < 4.78 is 29.8. The molecular formula is C28H25F2N3O. The van der Waals surface area contributed by atoms with E-state index in [-0.39, 0.29) is 29.4 Å². The van der Waals surface area contributed by atoms with Gasteiger partial charge in [-0.1, -0.05) is 36.4 Å². The highest BCUT2D eigenvalue weighted by molar-refractivity contribution is 5.85. The van der Waals surface area contributed by atoms with Crippen LogP contribution in [0.4, 0.5) is 8.78 Å². The summed E-state index contributed by atoms with van der Waals surface area (Å²) in [6.45, 7) is 1.36. The van der Waals surface area contributed by atoms with Crippen molar-refractivity contribution in [3.05, 3.63) is 77.9 Å². The fourth-order valence-corrected chi connectivity index (χ4v) is 5.10. The predicted molar refractivity (Wildman–Crippen MR) is 128 cm³/mol. The van der Waals surface area contributed by atoms with Crippen LogP contribution in [0.15, 0.2) is 60.7 Å². The maximum absolute atomic E-state index is 14.7. The minimum atomic E-state index is -0.282. The number of rotatable bonds is 4. The molecule has 34 heavy (non-hydrogen) atoms. The quantitative estimate of drug-likeness (QED) is 0.382. The van der Waals surface area contributed by atoms with E-state index in [2.05, 4.69) is 0 Å². The Bertz CT molecular complexity index is 1390. The maximum atomic E-state index is 14.7. The van der Waals surface area contributed by atoms with Crippen molar-refractivity contribution in [3.63, 3.8) is 0 Å². The number of likely N-dealkylation sites (tertiary alicyclic amines) is 1. The van der Waals surface area contributed by atoms with Crippen LogP contribution in [0.2, 0.25) is 0 Å². The lowest BCUT2D eigenvalue weighted by atomic mass is 9.97. The first-order chi connectivity index (χ1) is 16.5. The number of hydrogen-bond acceptors (Lipinski definition) is 2. The molecule has 1 atom stereocenters. The van der Waals surface area contributed by atoms with Crippen molar-refractivity contribution < 1.29 is 13.6 Å². The zero-order chi connectivity index (χ0) is 23.4. The van der Waals surface area contributed by atoms with Gasteiger partial charge < -0.3 is 9.47 Å². The van der Waals surface area contributed by atoms with Gasteiger partial charge in [0.25, 0.3) is 0 Å². The fraction of sp³-hybridized carbons (Fsp3) is 0.286. The highest BCUT2D eigenvalue weighted by Crippen LogP contribution is 2.38. The summed E-state index contributed by atoms with van der Waals surface area (Å²) in [5, 5.41) is 0. The topological polar surface area (TPSA) is 38.1 Å². The largest absolute Gasteiger partial charge is 0.342 e. The highest BCUT2D eigenvalue weighted by atomic mass is 19.1. The van der Waals surface area contributed by atoms with Gasteiger partial charge in [-0.15, -0.1) is 0 Å². The first-order valence-electron chi connectivity index (χ1n) is 11.8. The first-order valence-corrected chi connectivity index (χ1v) is 11.8. The van der Waals surface area contributed by atoms with Gasteiger partial charge in [0.15, 0.2) is 0 Å². The van der Waals surface area contributed by atoms with Crippen LogP contribution in [0.25, 0.3) is 33.5 Å². The molecule has 1 saturated heterocycles. The molecule has 1 amide bonds. The van der Waals surface area contributed by atoms with Crippen LogP contribution < -0.4 is 0 Å². The number of nitrogens with zero attached hydrogens (tertiary/aromatic N) is 3. The van der Waals surface area contributed by atoms with Crippen molar-refractivity contribution in [2.75, 3.05) is 13.1 Å². The van der Waals surface area contributed by atoms with E-state index in [1.54, 1.807) is 18.2 Å². The Hall–Kier alpha value is -3.54. The standard InChI is InChI=1S/C28H25F2N3O/c1-32-25-15-23(30)14-24(21-12-13-33(16-21)28(34)20-6-7-20)26(25)31-27(32)19-4-2-17(3-5-19)18-8-10-22(29)11-9-18/h2-5,8-11,14-15,20-21H,6-7,12-13,16H2,1H3. The van der Waals surface area contributed by atoms with Gasteiger partial charge in [0.1, 0.15) is 17.5 Å². The molecule has 6 heteroatoms. The summed E-state index contributed by atoms with van der Waals surface area (Å²) >= 11 is 0. The number of carbonyl (C=O) groups excluding carboxylic acids is 1. The van der Waals surface area contributed by atoms with Gasteiger partial charge in [-0.25, -0.2) is 13.8 Å². The van der Waals surface area contributed by atoms with Crippen molar-refractivity contribution in [1.29, 1.82) is 0 Å². The summed E-state index contributed by atoms with van der Waals surface area (Å²) in [6.07, 6.45) is 2.82. The lowest BCUT2D eigenvalue weighted by Gasteiger charge is -2.16. The zero-order valence-corrected chi connectivity index (χ0v) is 19.0. The van der Waals surface area contributed by atoms with E-state index < -0.39 is 0 Å². The van der Waals surface area contributed by atoms with Gasteiger partial charge >= 0.3 is 0 Å². The molecule has 0 N–H and O–H groups in total. The third-order valence-corrected chi connectivity index (χ3v) is 7.17. The Morgan fingerprint density at radius 3 is 2.21 bits per heavy atom. The van der Waals surface area contributed by atoms with Crippen LogP contribution in [-0.2, 0) is 11.8 Å². The van der Waals surface area contributed by atoms with E-state index in [0.29, 0.717) is 6.54 Å². The summed E-state index contributed by atoms with van der Waals surface area (Å²) in [5.74, 6) is 0.755. The normalized spacial score (nSPS) is 18.1. The lowest BCUT2D eigenvalue weighted by Crippen LogP contribution is -2.29. The first kappa shape index (κ1) is 21.0. The van der Waals surface area contributed by atoms with Crippen molar-refractivity contribution in [1.82, 2.24) is 14.5 Å². The number of carbonyl (C=O) groups is 1. The van der Waals surface area contributed by atoms with E-state index in [4.69, 9.17) is 4.98 Å². The third-order valence-electron chi connectivity index (χ3n) is 7.17. The Kier molecular flexibility index (Phi) is 4.97. The molecule has 2 heterocycles. The minimum absolute atomic E-state index is 0.0875. The molecule has 2 fully saturated rings. The van der Waals surface area contributed by atoms with Gasteiger partial charge in [-0.3, -0.25) is 4.79 Å². The van der Waals surface area contributed by atoms with Crippen molar-refractivity contribution in [3.8, 4) is 22.5 Å². The summed E-state index contributed by atoms with van der Waals surface area (Å²) in [5.41, 5.74) is 5.28. The second-order valence-corrected chi connectivity index (χ2v) is 9.49. The number of amides is 1. The lowest BCUT2D eigenvalue weighted by molar-refractivity contribution is -0.131. The molecule has 1 aliphatic carbocycles. The molecule has 4 nitrogen and oxygen atoms in total. The van der Waals surface area contributed by atoms with Gasteiger partial charge in [0.2, 0.25) is 5.91 Å². The molecule has 172 valence electrons. The molecule has 0 spiro atoms. The maximum Gasteiger partial charge on any atom is 0.225 e. The molecule has 4 aromatic rings. The van der Waals surface area contributed by atoms with E-state index in [0.717, 1.165) is 64.9 Å². The second-order valence-electron chi connectivity index (χ2n) is 9.49. The molecule has 3 aromatic carbocycles. The molecule has 1 saturated carbocycles. The second kappa shape index (κ2) is 8.05. The highest BCUT2D eigenvalue weighted by Gasteiger charge is 2.37. The van der Waals surface area contributed by atoms with E-state index in [9.17, 15) is 13.6 Å². The van der Waals surface area contributed by atoms with Crippen LogP contribution in [0, 0.1) is 17.6 Å². The number of imidazole rings is 1. The van der Waals surface area contributed by atoms with Crippen LogP contribution in [0.3, 0.4) is 0 Å². The Morgan fingerprint density at radius 2 is 1.53 bits per heavy atom. The Balaban J connectivity index is 1.34. The number of fused-ring (bicyclic) bond motifs is 1. The average Bonchev–Trinajstić information content (AvgIpc) is 3.49. The molecule has 1 unspecified atom stereocenters. The smallest absolute Gasteiger partial charge is 0.225 e. The summed E-state index contributed by atoms with van der Waals surface area (Å²) in [7, 11) is 1.90. The summed E-state index contributed by atoms with van der Waals surface area (Å²) in [4.78, 5) is 19.4. The Morgan fingerprint density at radius 1 is 0.882 bits per heavy atom. The van der Waals surface area contributed by atoms with Gasteiger partial charge in [0, 0.05) is 37.5 Å². The Labute approximate surface area is 196 Å². The van der Waals surface area contributed by atoms with Crippen LogP contribution in [0.1, 0.15) is 30.7 Å². The van der Waals surface area contributed by atoms with Crippen molar-refractivity contribution >= 4 is 16.9 Å². The van der Waals surface area contributed by atoms with E-state index in [1.165, 1.54) is 18.2 Å².